The Balaban J connectivity index is 0. The molecule has 1 N–H and O–H groups in total. The summed E-state index contributed by atoms with van der Waals surface area (Å²) in [5.41, 5.74) is 0. The first kappa shape index (κ1) is 18.4. The molecule has 0 saturated heterocycles. The second-order valence-electron chi connectivity index (χ2n) is 2.78. The van der Waals surface area contributed by atoms with E-state index >= 15 is 0 Å². The number of unbranched alkanes of at least 4 members (excludes halogenated alkanes) is 1. The van der Waals surface area contributed by atoms with Crippen LogP contribution in [0.2, 0.25) is 0 Å². The number of aliphatic hydroxyl groups is 1. The van der Waals surface area contributed by atoms with Crippen molar-refractivity contribution in [2.75, 3.05) is 26.4 Å². The highest BCUT2D eigenvalue weighted by Gasteiger charge is 2.23. The maximum atomic E-state index is 11.3. The molecular weight excluding hydrogens is 231 g/mol. The minimum Gasteiger partial charge on any atom is -0.396 e. The quantitative estimate of drug-likeness (QED) is 0.676. The van der Waals surface area contributed by atoms with Gasteiger partial charge in [0.15, 0.2) is 0 Å². The Morgan fingerprint density at radius 2 is 1.31 bits per heavy atom. The fourth-order valence-electron chi connectivity index (χ4n) is 0.744. The van der Waals surface area contributed by atoms with Gasteiger partial charge in [-0.3, -0.25) is 13.6 Å². The molecule has 0 amide bonds. The zero-order valence-electron chi connectivity index (χ0n) is 10.8. The van der Waals surface area contributed by atoms with Crippen LogP contribution >= 0.6 is 7.82 Å². The van der Waals surface area contributed by atoms with Crippen molar-refractivity contribution >= 4 is 7.82 Å². The summed E-state index contributed by atoms with van der Waals surface area (Å²) >= 11 is 0. The van der Waals surface area contributed by atoms with Crippen LogP contribution in [0.4, 0.5) is 0 Å². The molecule has 6 heteroatoms. The number of phosphoric acid groups is 1. The summed E-state index contributed by atoms with van der Waals surface area (Å²) in [6.07, 6.45) is 2.04. The van der Waals surface area contributed by atoms with E-state index in [1.54, 1.807) is 20.8 Å². The lowest BCUT2D eigenvalue weighted by atomic mass is 10.4. The van der Waals surface area contributed by atoms with Crippen molar-refractivity contribution in [1.82, 2.24) is 0 Å². The van der Waals surface area contributed by atoms with Gasteiger partial charge in [0.1, 0.15) is 0 Å². The van der Waals surface area contributed by atoms with Gasteiger partial charge in [-0.1, -0.05) is 13.3 Å². The molecule has 0 aliphatic heterocycles. The molecule has 0 aliphatic rings. The van der Waals surface area contributed by atoms with Gasteiger partial charge in [0, 0.05) is 6.61 Å². The summed E-state index contributed by atoms with van der Waals surface area (Å²) in [6, 6.07) is 0. The van der Waals surface area contributed by atoms with Gasteiger partial charge >= 0.3 is 7.82 Å². The third-order valence-electron chi connectivity index (χ3n) is 1.37. The molecule has 0 aromatic heterocycles. The molecule has 0 aromatic carbocycles. The summed E-state index contributed by atoms with van der Waals surface area (Å²) in [4.78, 5) is 0. The smallest absolute Gasteiger partial charge is 0.396 e. The van der Waals surface area contributed by atoms with Crippen molar-refractivity contribution in [2.45, 2.75) is 40.5 Å². The third-order valence-corrected chi connectivity index (χ3v) is 3.10. The summed E-state index contributed by atoms with van der Waals surface area (Å²) in [5.74, 6) is 0. The minimum atomic E-state index is -3.22. The molecule has 0 unspecified atom stereocenters. The lowest BCUT2D eigenvalue weighted by Crippen LogP contribution is -1.99. The van der Waals surface area contributed by atoms with Crippen molar-refractivity contribution in [1.29, 1.82) is 0 Å². The Bertz CT molecular complexity index is 149. The number of hydrogen-bond acceptors (Lipinski definition) is 5. The highest BCUT2D eigenvalue weighted by molar-refractivity contribution is 7.48. The van der Waals surface area contributed by atoms with Gasteiger partial charge < -0.3 is 5.11 Å². The summed E-state index contributed by atoms with van der Waals surface area (Å²) in [5, 5.41) is 8.07. The number of aliphatic hydroxyl groups excluding tert-OH is 1. The molecule has 0 aliphatic carbocycles. The predicted molar refractivity (Wildman–Crippen MR) is 64.5 cm³/mol. The first-order chi connectivity index (χ1) is 7.60. The maximum Gasteiger partial charge on any atom is 0.474 e. The fraction of sp³-hybridized carbons (Fsp3) is 1.00. The Morgan fingerprint density at radius 3 is 1.44 bits per heavy atom. The number of phosphoric ester groups is 1. The van der Waals surface area contributed by atoms with Crippen LogP contribution < -0.4 is 0 Å². The molecule has 0 atom stereocenters. The Hall–Kier alpha value is 0.0700. The van der Waals surface area contributed by atoms with Gasteiger partial charge in [0.25, 0.3) is 0 Å². The average molecular weight is 256 g/mol. The first-order valence-electron chi connectivity index (χ1n) is 5.74. The second-order valence-corrected chi connectivity index (χ2v) is 4.45. The molecule has 0 spiro atoms. The third kappa shape index (κ3) is 12.1. The van der Waals surface area contributed by atoms with Crippen LogP contribution in [0.3, 0.4) is 0 Å². The Labute approximate surface area is 98.7 Å². The second kappa shape index (κ2) is 13.1. The first-order valence-corrected chi connectivity index (χ1v) is 7.20. The SMILES string of the molecule is CCCCO.CCOP(=O)(OCC)OCC. The van der Waals surface area contributed by atoms with E-state index in [0.29, 0.717) is 26.4 Å². The molecule has 0 radical (unpaired) electrons. The van der Waals surface area contributed by atoms with Crippen molar-refractivity contribution in [2.24, 2.45) is 0 Å². The molecule has 5 nitrogen and oxygen atoms in total. The van der Waals surface area contributed by atoms with Crippen molar-refractivity contribution in [3.05, 3.63) is 0 Å². The van der Waals surface area contributed by atoms with Gasteiger partial charge in [-0.05, 0) is 27.2 Å². The van der Waals surface area contributed by atoms with Crippen LogP contribution in [-0.4, -0.2) is 31.5 Å². The van der Waals surface area contributed by atoms with Crippen LogP contribution in [0.25, 0.3) is 0 Å². The molecule has 0 aromatic rings. The molecule has 0 bridgehead atoms. The van der Waals surface area contributed by atoms with Crippen LogP contribution in [0.15, 0.2) is 0 Å². The Kier molecular flexibility index (Phi) is 15.1. The van der Waals surface area contributed by atoms with Gasteiger partial charge in [0.2, 0.25) is 0 Å². The van der Waals surface area contributed by atoms with E-state index in [1.165, 1.54) is 0 Å². The zero-order valence-corrected chi connectivity index (χ0v) is 11.7. The molecule has 0 heterocycles. The number of rotatable bonds is 8. The van der Waals surface area contributed by atoms with Crippen LogP contribution in [0.1, 0.15) is 40.5 Å². The molecule has 0 saturated carbocycles. The van der Waals surface area contributed by atoms with E-state index < -0.39 is 7.82 Å². The van der Waals surface area contributed by atoms with E-state index in [0.717, 1.165) is 12.8 Å². The normalized spacial score (nSPS) is 10.8. The van der Waals surface area contributed by atoms with Crippen molar-refractivity contribution in [3.63, 3.8) is 0 Å². The van der Waals surface area contributed by atoms with E-state index in [4.69, 9.17) is 18.7 Å². The Morgan fingerprint density at radius 1 is 0.938 bits per heavy atom. The maximum absolute atomic E-state index is 11.3. The molecule has 0 rings (SSSR count). The van der Waals surface area contributed by atoms with E-state index in [2.05, 4.69) is 6.92 Å². The van der Waals surface area contributed by atoms with E-state index in [-0.39, 0.29) is 0 Å². The van der Waals surface area contributed by atoms with Gasteiger partial charge in [-0.25, -0.2) is 4.57 Å². The van der Waals surface area contributed by atoms with Crippen molar-refractivity contribution in [3.8, 4) is 0 Å². The largest absolute Gasteiger partial charge is 0.474 e. The summed E-state index contributed by atoms with van der Waals surface area (Å²) in [6.45, 7) is 8.61. The molecule has 100 valence electrons. The summed E-state index contributed by atoms with van der Waals surface area (Å²) in [7, 11) is -3.22. The highest BCUT2D eigenvalue weighted by Crippen LogP contribution is 2.48. The molecule has 16 heavy (non-hydrogen) atoms. The lowest BCUT2D eigenvalue weighted by molar-refractivity contribution is 0.126. The van der Waals surface area contributed by atoms with Crippen LogP contribution in [-0.2, 0) is 18.1 Å². The predicted octanol–water partition coefficient (Wildman–Crippen LogP) is 2.98. The van der Waals surface area contributed by atoms with Crippen LogP contribution in [0, 0.1) is 0 Å². The standard InChI is InChI=1S/C6H15O4P.C4H10O/c1-4-8-11(7,9-5-2)10-6-3;1-2-3-4-5/h4-6H2,1-3H3;5H,2-4H2,1H3. The van der Waals surface area contributed by atoms with Gasteiger partial charge in [0.05, 0.1) is 19.8 Å². The van der Waals surface area contributed by atoms with E-state index in [1.807, 2.05) is 0 Å². The fourth-order valence-corrected chi connectivity index (χ4v) is 1.92. The van der Waals surface area contributed by atoms with Crippen LogP contribution in [0.5, 0.6) is 0 Å². The topological polar surface area (TPSA) is 65.0 Å². The molecular formula is C10H25O5P. The number of hydrogen-bond donors (Lipinski definition) is 1. The zero-order chi connectivity index (χ0) is 12.9. The van der Waals surface area contributed by atoms with E-state index in [9.17, 15) is 4.57 Å². The van der Waals surface area contributed by atoms with Crippen molar-refractivity contribution < 1.29 is 23.2 Å². The highest BCUT2D eigenvalue weighted by atomic mass is 31.2. The average Bonchev–Trinajstić information content (AvgIpc) is 2.20. The monoisotopic (exact) mass is 256 g/mol. The molecule has 0 fully saturated rings. The summed E-state index contributed by atoms with van der Waals surface area (Å²) < 4.78 is 25.8. The van der Waals surface area contributed by atoms with Gasteiger partial charge in [-0.15, -0.1) is 0 Å². The minimum absolute atomic E-state index is 0.331. The lowest BCUT2D eigenvalue weighted by Gasteiger charge is -2.14. The van der Waals surface area contributed by atoms with Gasteiger partial charge in [-0.2, -0.15) is 0 Å².